The van der Waals surface area contributed by atoms with E-state index in [1.165, 1.54) is 0 Å². The second-order valence-corrected chi connectivity index (χ2v) is 3.49. The molecule has 0 aliphatic heterocycles. The van der Waals surface area contributed by atoms with E-state index in [1.54, 1.807) is 6.92 Å². The van der Waals surface area contributed by atoms with Crippen molar-refractivity contribution in [2.45, 2.75) is 25.9 Å². The minimum absolute atomic E-state index is 0.196. The van der Waals surface area contributed by atoms with Crippen molar-refractivity contribution < 1.29 is 14.9 Å². The van der Waals surface area contributed by atoms with Crippen molar-refractivity contribution in [3.63, 3.8) is 0 Å². The SMILES string of the molecule is C[C@H](O)c1ccccc1OCCCCO. The number of benzene rings is 1. The lowest BCUT2D eigenvalue weighted by atomic mass is 10.1. The van der Waals surface area contributed by atoms with E-state index in [0.29, 0.717) is 6.61 Å². The molecule has 0 saturated carbocycles. The predicted molar refractivity (Wildman–Crippen MR) is 58.9 cm³/mol. The fraction of sp³-hybridized carbons (Fsp3) is 0.500. The van der Waals surface area contributed by atoms with Crippen molar-refractivity contribution in [2.24, 2.45) is 0 Å². The van der Waals surface area contributed by atoms with Crippen LogP contribution in [0.2, 0.25) is 0 Å². The third kappa shape index (κ3) is 3.90. The van der Waals surface area contributed by atoms with Crippen LogP contribution in [-0.2, 0) is 0 Å². The smallest absolute Gasteiger partial charge is 0.125 e. The van der Waals surface area contributed by atoms with Crippen LogP contribution >= 0.6 is 0 Å². The average molecular weight is 210 g/mol. The van der Waals surface area contributed by atoms with E-state index in [2.05, 4.69) is 0 Å². The summed E-state index contributed by atoms with van der Waals surface area (Å²) in [6.45, 7) is 2.49. The van der Waals surface area contributed by atoms with Crippen molar-refractivity contribution in [1.29, 1.82) is 0 Å². The van der Waals surface area contributed by atoms with Crippen molar-refractivity contribution in [1.82, 2.24) is 0 Å². The number of ether oxygens (including phenoxy) is 1. The van der Waals surface area contributed by atoms with Crippen molar-refractivity contribution >= 4 is 0 Å². The molecule has 0 radical (unpaired) electrons. The maximum absolute atomic E-state index is 9.49. The molecule has 0 aliphatic carbocycles. The third-order valence-electron chi connectivity index (χ3n) is 2.18. The molecule has 1 atom stereocenters. The van der Waals surface area contributed by atoms with Gasteiger partial charge in [-0.1, -0.05) is 18.2 Å². The molecule has 0 saturated heterocycles. The molecule has 0 heterocycles. The lowest BCUT2D eigenvalue weighted by Crippen LogP contribution is -2.02. The molecule has 0 unspecified atom stereocenters. The predicted octanol–water partition coefficient (Wildman–Crippen LogP) is 1.89. The largest absolute Gasteiger partial charge is 0.493 e. The molecule has 84 valence electrons. The molecule has 15 heavy (non-hydrogen) atoms. The lowest BCUT2D eigenvalue weighted by Gasteiger charge is -2.12. The number of hydrogen-bond acceptors (Lipinski definition) is 3. The Morgan fingerprint density at radius 2 is 2.00 bits per heavy atom. The second-order valence-electron chi connectivity index (χ2n) is 3.49. The van der Waals surface area contributed by atoms with Gasteiger partial charge in [-0.15, -0.1) is 0 Å². The first-order valence-electron chi connectivity index (χ1n) is 5.26. The van der Waals surface area contributed by atoms with Gasteiger partial charge in [-0.3, -0.25) is 0 Å². The molecule has 1 rings (SSSR count). The van der Waals surface area contributed by atoms with Gasteiger partial charge in [0.05, 0.1) is 12.7 Å². The average Bonchev–Trinajstić information content (AvgIpc) is 2.25. The minimum Gasteiger partial charge on any atom is -0.493 e. The van der Waals surface area contributed by atoms with Crippen molar-refractivity contribution in [3.8, 4) is 5.75 Å². The van der Waals surface area contributed by atoms with E-state index in [4.69, 9.17) is 9.84 Å². The highest BCUT2D eigenvalue weighted by Gasteiger charge is 2.07. The van der Waals surface area contributed by atoms with Crippen molar-refractivity contribution in [2.75, 3.05) is 13.2 Å². The van der Waals surface area contributed by atoms with Crippen LogP contribution in [0.1, 0.15) is 31.4 Å². The topological polar surface area (TPSA) is 49.7 Å². The van der Waals surface area contributed by atoms with Gasteiger partial charge in [-0.05, 0) is 25.8 Å². The fourth-order valence-corrected chi connectivity index (χ4v) is 1.35. The van der Waals surface area contributed by atoms with E-state index in [9.17, 15) is 5.11 Å². The van der Waals surface area contributed by atoms with Gasteiger partial charge < -0.3 is 14.9 Å². The molecule has 1 aromatic carbocycles. The molecular weight excluding hydrogens is 192 g/mol. The number of unbranched alkanes of at least 4 members (excludes halogenated alkanes) is 1. The zero-order chi connectivity index (χ0) is 11.1. The van der Waals surface area contributed by atoms with Gasteiger partial charge in [0.1, 0.15) is 5.75 Å². The van der Waals surface area contributed by atoms with E-state index in [1.807, 2.05) is 24.3 Å². The van der Waals surface area contributed by atoms with Crippen molar-refractivity contribution in [3.05, 3.63) is 29.8 Å². The van der Waals surface area contributed by atoms with E-state index >= 15 is 0 Å². The number of rotatable bonds is 6. The Balaban J connectivity index is 2.52. The number of aliphatic hydroxyl groups is 2. The number of para-hydroxylation sites is 1. The highest BCUT2D eigenvalue weighted by Crippen LogP contribution is 2.24. The van der Waals surface area contributed by atoms with Crippen LogP contribution in [0, 0.1) is 0 Å². The fourth-order valence-electron chi connectivity index (χ4n) is 1.35. The van der Waals surface area contributed by atoms with Gasteiger partial charge in [-0.25, -0.2) is 0 Å². The highest BCUT2D eigenvalue weighted by molar-refractivity contribution is 5.34. The standard InChI is InChI=1S/C12H18O3/c1-10(14)11-6-2-3-7-12(11)15-9-5-4-8-13/h2-3,6-7,10,13-14H,4-5,8-9H2,1H3/t10-/m0/s1. The first-order chi connectivity index (χ1) is 7.25. The summed E-state index contributed by atoms with van der Waals surface area (Å²) in [6.07, 6.45) is 1.06. The second kappa shape index (κ2) is 6.43. The molecule has 0 fully saturated rings. The maximum Gasteiger partial charge on any atom is 0.125 e. The molecule has 0 amide bonds. The quantitative estimate of drug-likeness (QED) is 0.705. The molecular formula is C12H18O3. The van der Waals surface area contributed by atoms with Gasteiger partial charge in [0.15, 0.2) is 0 Å². The Kier molecular flexibility index (Phi) is 5.15. The Labute approximate surface area is 90.3 Å². The molecule has 3 nitrogen and oxygen atoms in total. The first kappa shape index (κ1) is 12.0. The molecule has 0 bridgehead atoms. The lowest BCUT2D eigenvalue weighted by molar-refractivity contribution is 0.189. The van der Waals surface area contributed by atoms with Crippen LogP contribution in [0.15, 0.2) is 24.3 Å². The minimum atomic E-state index is -0.515. The summed E-state index contributed by atoms with van der Waals surface area (Å²) >= 11 is 0. The van der Waals surface area contributed by atoms with Gasteiger partial charge in [0.2, 0.25) is 0 Å². The van der Waals surface area contributed by atoms with Crippen LogP contribution in [0.3, 0.4) is 0 Å². The molecule has 2 N–H and O–H groups in total. The molecule has 0 aliphatic rings. The normalized spacial score (nSPS) is 12.5. The Morgan fingerprint density at radius 3 is 2.67 bits per heavy atom. The maximum atomic E-state index is 9.49. The van der Waals surface area contributed by atoms with E-state index in [0.717, 1.165) is 24.2 Å². The summed E-state index contributed by atoms with van der Waals surface area (Å²) in [5, 5.41) is 18.1. The van der Waals surface area contributed by atoms with E-state index in [-0.39, 0.29) is 6.61 Å². The highest BCUT2D eigenvalue weighted by atomic mass is 16.5. The molecule has 3 heteroatoms. The molecule has 0 spiro atoms. The van der Waals surface area contributed by atoms with Crippen LogP contribution < -0.4 is 4.74 Å². The van der Waals surface area contributed by atoms with Crippen LogP contribution in [-0.4, -0.2) is 23.4 Å². The summed E-state index contributed by atoms with van der Waals surface area (Å²) in [5.41, 5.74) is 0.807. The summed E-state index contributed by atoms with van der Waals surface area (Å²) in [6, 6.07) is 7.46. The molecule has 0 aromatic heterocycles. The zero-order valence-electron chi connectivity index (χ0n) is 9.02. The number of aliphatic hydroxyl groups excluding tert-OH is 2. The monoisotopic (exact) mass is 210 g/mol. The number of hydrogen-bond donors (Lipinski definition) is 2. The third-order valence-corrected chi connectivity index (χ3v) is 2.18. The van der Waals surface area contributed by atoms with Crippen LogP contribution in [0.5, 0.6) is 5.75 Å². The van der Waals surface area contributed by atoms with Crippen LogP contribution in [0.4, 0.5) is 0 Å². The molecule has 1 aromatic rings. The van der Waals surface area contributed by atoms with Gasteiger partial charge in [0.25, 0.3) is 0 Å². The van der Waals surface area contributed by atoms with E-state index < -0.39 is 6.10 Å². The van der Waals surface area contributed by atoms with Gasteiger partial charge in [0, 0.05) is 12.2 Å². The Bertz CT molecular complexity index is 284. The summed E-state index contributed by atoms with van der Waals surface area (Å²) in [4.78, 5) is 0. The van der Waals surface area contributed by atoms with Crippen LogP contribution in [0.25, 0.3) is 0 Å². The zero-order valence-corrected chi connectivity index (χ0v) is 9.02. The Hall–Kier alpha value is -1.06. The summed E-state index contributed by atoms with van der Waals surface area (Å²) in [5.74, 6) is 0.727. The van der Waals surface area contributed by atoms with Gasteiger partial charge >= 0.3 is 0 Å². The van der Waals surface area contributed by atoms with Gasteiger partial charge in [-0.2, -0.15) is 0 Å². The summed E-state index contributed by atoms with van der Waals surface area (Å²) < 4.78 is 5.53. The Morgan fingerprint density at radius 1 is 1.27 bits per heavy atom. The summed E-state index contributed by atoms with van der Waals surface area (Å²) in [7, 11) is 0. The first-order valence-corrected chi connectivity index (χ1v) is 5.26.